The van der Waals surface area contributed by atoms with Gasteiger partial charge in [-0.25, -0.2) is 5.01 Å². The van der Waals surface area contributed by atoms with Crippen LogP contribution >= 0.6 is 11.6 Å². The van der Waals surface area contributed by atoms with Gasteiger partial charge in [0.05, 0.1) is 25.0 Å². The van der Waals surface area contributed by atoms with Crippen LogP contribution in [0.5, 0.6) is 17.2 Å². The third kappa shape index (κ3) is 5.10. The van der Waals surface area contributed by atoms with Gasteiger partial charge < -0.3 is 14.2 Å². The molecule has 2 aliphatic rings. The Morgan fingerprint density at radius 1 is 0.943 bits per heavy atom. The lowest BCUT2D eigenvalue weighted by atomic mass is 9.96. The van der Waals surface area contributed by atoms with Crippen molar-refractivity contribution in [2.45, 2.75) is 51.8 Å². The SMILES string of the molecule is CCCCCOc1ccc([C@H]2Oc3ccc(Cl)cc3[C@H]3CC(c4ccc(OCC)cc4)=NN32)cc1. The zero-order valence-corrected chi connectivity index (χ0v) is 21.0. The van der Waals surface area contributed by atoms with Gasteiger partial charge >= 0.3 is 0 Å². The van der Waals surface area contributed by atoms with E-state index in [4.69, 9.17) is 30.9 Å². The molecule has 0 unspecified atom stereocenters. The van der Waals surface area contributed by atoms with Gasteiger partial charge in [0.15, 0.2) is 0 Å². The van der Waals surface area contributed by atoms with Crippen LogP contribution < -0.4 is 14.2 Å². The monoisotopic (exact) mass is 490 g/mol. The number of hydrogen-bond donors (Lipinski definition) is 0. The minimum absolute atomic E-state index is 0.0500. The van der Waals surface area contributed by atoms with Crippen LogP contribution in [0.4, 0.5) is 0 Å². The molecule has 0 saturated carbocycles. The molecule has 0 aromatic heterocycles. The molecule has 3 aromatic carbocycles. The van der Waals surface area contributed by atoms with Crippen LogP contribution in [-0.4, -0.2) is 23.9 Å². The molecule has 3 aromatic rings. The van der Waals surface area contributed by atoms with Crippen LogP contribution in [0.1, 0.15) is 68.5 Å². The Morgan fingerprint density at radius 3 is 2.43 bits per heavy atom. The Labute approximate surface area is 212 Å². The highest BCUT2D eigenvalue weighted by Gasteiger charge is 2.41. The lowest BCUT2D eigenvalue weighted by molar-refractivity contribution is -0.0190. The Bertz CT molecular complexity index is 1180. The number of benzene rings is 3. The predicted octanol–water partition coefficient (Wildman–Crippen LogP) is 7.55. The van der Waals surface area contributed by atoms with E-state index < -0.39 is 0 Å². The van der Waals surface area contributed by atoms with Crippen molar-refractivity contribution in [3.05, 3.63) is 88.4 Å². The third-order valence-corrected chi connectivity index (χ3v) is 6.67. The van der Waals surface area contributed by atoms with E-state index >= 15 is 0 Å². The van der Waals surface area contributed by atoms with Crippen molar-refractivity contribution in [3.63, 3.8) is 0 Å². The number of unbranched alkanes of at least 4 members (excludes halogenated alkanes) is 2. The van der Waals surface area contributed by atoms with Gasteiger partial charge in [-0.05, 0) is 85.6 Å². The van der Waals surface area contributed by atoms with Gasteiger partial charge in [-0.15, -0.1) is 0 Å². The maximum Gasteiger partial charge on any atom is 0.213 e. The first-order valence-corrected chi connectivity index (χ1v) is 12.8. The van der Waals surface area contributed by atoms with E-state index in [2.05, 4.69) is 36.2 Å². The first-order chi connectivity index (χ1) is 17.2. The fourth-order valence-electron chi connectivity index (χ4n) is 4.63. The predicted molar refractivity (Wildman–Crippen MR) is 140 cm³/mol. The van der Waals surface area contributed by atoms with Crippen molar-refractivity contribution in [1.82, 2.24) is 5.01 Å². The van der Waals surface area contributed by atoms with Crippen molar-refractivity contribution in [1.29, 1.82) is 0 Å². The van der Waals surface area contributed by atoms with Crippen LogP contribution in [-0.2, 0) is 0 Å². The normalized spacial score (nSPS) is 18.4. The van der Waals surface area contributed by atoms with E-state index in [0.717, 1.165) is 59.1 Å². The van der Waals surface area contributed by atoms with Crippen molar-refractivity contribution < 1.29 is 14.2 Å². The van der Waals surface area contributed by atoms with E-state index in [9.17, 15) is 0 Å². The summed E-state index contributed by atoms with van der Waals surface area (Å²) in [6, 6.07) is 22.2. The van der Waals surface area contributed by atoms with Crippen LogP contribution in [0.15, 0.2) is 71.8 Å². The molecule has 0 saturated heterocycles. The maximum absolute atomic E-state index is 6.47. The minimum atomic E-state index is -0.331. The maximum atomic E-state index is 6.47. The summed E-state index contributed by atoms with van der Waals surface area (Å²) < 4.78 is 18.0. The van der Waals surface area contributed by atoms with E-state index in [1.165, 1.54) is 12.8 Å². The van der Waals surface area contributed by atoms with Gasteiger partial charge in [0.2, 0.25) is 6.23 Å². The second-order valence-electron chi connectivity index (χ2n) is 8.88. The molecule has 2 heterocycles. The molecule has 2 aliphatic heterocycles. The quantitative estimate of drug-likeness (QED) is 0.290. The molecule has 35 heavy (non-hydrogen) atoms. The lowest BCUT2D eigenvalue weighted by Crippen LogP contribution is -2.33. The van der Waals surface area contributed by atoms with Crippen LogP contribution in [0.3, 0.4) is 0 Å². The summed E-state index contributed by atoms with van der Waals surface area (Å²) in [5.74, 6) is 2.59. The second-order valence-corrected chi connectivity index (χ2v) is 9.32. The molecule has 0 amide bonds. The van der Waals surface area contributed by atoms with Crippen LogP contribution in [0.25, 0.3) is 0 Å². The van der Waals surface area contributed by atoms with Gasteiger partial charge in [-0.2, -0.15) is 5.10 Å². The molecule has 0 radical (unpaired) electrons. The van der Waals surface area contributed by atoms with Crippen molar-refractivity contribution >= 4 is 17.3 Å². The average Bonchev–Trinajstić information content (AvgIpc) is 3.33. The standard InChI is InChI=1S/C29H31ClN2O3/c1-3-5-6-17-34-24-14-9-21(10-15-24)29-32-27(25-18-22(30)11-16-28(25)35-29)19-26(31-32)20-7-12-23(13-8-20)33-4-2/h7-16,18,27,29H,3-6,17,19H2,1-2H3/t27-,29-/m1/s1. The second kappa shape index (κ2) is 10.6. The summed E-state index contributed by atoms with van der Waals surface area (Å²) in [4.78, 5) is 0. The molecule has 0 fully saturated rings. The zero-order valence-electron chi connectivity index (χ0n) is 20.2. The first kappa shape index (κ1) is 23.6. The van der Waals surface area contributed by atoms with Gasteiger partial charge in [-0.1, -0.05) is 31.4 Å². The fourth-order valence-corrected chi connectivity index (χ4v) is 4.81. The van der Waals surface area contributed by atoms with Crippen molar-refractivity contribution in [2.75, 3.05) is 13.2 Å². The molecule has 2 atom stereocenters. The fraction of sp³-hybridized carbons (Fsp3) is 0.345. The molecule has 5 rings (SSSR count). The summed E-state index contributed by atoms with van der Waals surface area (Å²) in [5.41, 5.74) is 4.21. The number of hydrogen-bond acceptors (Lipinski definition) is 5. The highest BCUT2D eigenvalue weighted by Crippen LogP contribution is 2.48. The van der Waals surface area contributed by atoms with E-state index in [1.807, 2.05) is 49.4 Å². The van der Waals surface area contributed by atoms with E-state index in [-0.39, 0.29) is 12.3 Å². The highest BCUT2D eigenvalue weighted by atomic mass is 35.5. The summed E-state index contributed by atoms with van der Waals surface area (Å²) in [6.07, 6.45) is 3.89. The number of fused-ring (bicyclic) bond motifs is 3. The Balaban J connectivity index is 1.42. The van der Waals surface area contributed by atoms with Gasteiger partial charge in [0, 0.05) is 22.6 Å². The number of halogens is 1. The average molecular weight is 491 g/mol. The molecular weight excluding hydrogens is 460 g/mol. The number of rotatable bonds is 9. The molecule has 0 aliphatic carbocycles. The van der Waals surface area contributed by atoms with Gasteiger partial charge in [0.1, 0.15) is 17.2 Å². The molecule has 6 heteroatoms. The topological polar surface area (TPSA) is 43.3 Å². The summed E-state index contributed by atoms with van der Waals surface area (Å²) in [7, 11) is 0. The number of nitrogens with zero attached hydrogens (tertiary/aromatic N) is 2. The van der Waals surface area contributed by atoms with Gasteiger partial charge in [-0.3, -0.25) is 0 Å². The summed E-state index contributed by atoms with van der Waals surface area (Å²) >= 11 is 6.36. The molecule has 0 spiro atoms. The Hall–Kier alpha value is -3.18. The first-order valence-electron chi connectivity index (χ1n) is 12.4. The Morgan fingerprint density at radius 2 is 1.69 bits per heavy atom. The lowest BCUT2D eigenvalue weighted by Gasteiger charge is -2.38. The molecule has 182 valence electrons. The minimum Gasteiger partial charge on any atom is -0.494 e. The number of ether oxygens (including phenoxy) is 3. The molecule has 0 bridgehead atoms. The molecular formula is C29H31ClN2O3. The van der Waals surface area contributed by atoms with E-state index in [1.54, 1.807) is 0 Å². The van der Waals surface area contributed by atoms with Gasteiger partial charge in [0.25, 0.3) is 0 Å². The van der Waals surface area contributed by atoms with Crippen molar-refractivity contribution in [3.8, 4) is 17.2 Å². The highest BCUT2D eigenvalue weighted by molar-refractivity contribution is 6.30. The third-order valence-electron chi connectivity index (χ3n) is 6.43. The summed E-state index contributed by atoms with van der Waals surface area (Å²) in [6.45, 7) is 5.57. The van der Waals surface area contributed by atoms with E-state index in [0.29, 0.717) is 11.6 Å². The zero-order chi connectivity index (χ0) is 24.2. The Kier molecular flexibility index (Phi) is 7.14. The van der Waals surface area contributed by atoms with Crippen LogP contribution in [0, 0.1) is 0 Å². The smallest absolute Gasteiger partial charge is 0.213 e. The molecule has 5 nitrogen and oxygen atoms in total. The molecule has 0 N–H and O–H groups in total. The largest absolute Gasteiger partial charge is 0.494 e. The van der Waals surface area contributed by atoms with Crippen LogP contribution in [0.2, 0.25) is 5.02 Å². The number of hydrazone groups is 1. The van der Waals surface area contributed by atoms with Crippen molar-refractivity contribution in [2.24, 2.45) is 5.10 Å². The summed E-state index contributed by atoms with van der Waals surface area (Å²) in [5, 5.41) is 7.81.